The van der Waals surface area contributed by atoms with Crippen LogP contribution < -0.4 is 5.32 Å². The van der Waals surface area contributed by atoms with E-state index in [9.17, 15) is 0 Å². The molecule has 1 aromatic rings. The fraction of sp³-hybridized carbons (Fsp3) is 0.692. The van der Waals surface area contributed by atoms with Gasteiger partial charge in [0.2, 0.25) is 0 Å². The van der Waals surface area contributed by atoms with Gasteiger partial charge in [0.1, 0.15) is 11.6 Å². The number of nitrogens with zero attached hydrogens (tertiary/aromatic N) is 2. The third-order valence-corrected chi connectivity index (χ3v) is 4.52. The average Bonchev–Trinajstić information content (AvgIpc) is 2.94. The molecule has 0 amide bonds. The molecule has 18 heavy (non-hydrogen) atoms. The third kappa shape index (κ3) is 2.77. The van der Waals surface area contributed by atoms with E-state index < -0.39 is 0 Å². The van der Waals surface area contributed by atoms with Crippen LogP contribution in [0.25, 0.3) is 0 Å². The number of ether oxygens (including phenoxy) is 1. The lowest BCUT2D eigenvalue weighted by atomic mass is 10.1. The minimum absolute atomic E-state index is 0.348. The lowest BCUT2D eigenvalue weighted by Crippen LogP contribution is -2.10. The number of methoxy groups -OCH3 is 1. The van der Waals surface area contributed by atoms with Gasteiger partial charge in [-0.05, 0) is 41.4 Å². The second-order valence-corrected chi connectivity index (χ2v) is 6.48. The first-order valence-electron chi connectivity index (χ1n) is 6.28. The van der Waals surface area contributed by atoms with Crippen molar-refractivity contribution in [3.63, 3.8) is 0 Å². The topological polar surface area (TPSA) is 47.0 Å². The molecule has 1 heterocycles. The van der Waals surface area contributed by atoms with Crippen molar-refractivity contribution in [1.82, 2.24) is 9.97 Å². The van der Waals surface area contributed by atoms with Gasteiger partial charge in [0.05, 0.1) is 15.9 Å². The maximum atomic E-state index is 5.23. The average molecular weight is 361 g/mol. The van der Waals surface area contributed by atoms with Crippen LogP contribution in [-0.2, 0) is 11.3 Å². The molecule has 0 spiro atoms. The van der Waals surface area contributed by atoms with Crippen molar-refractivity contribution < 1.29 is 4.74 Å². The summed E-state index contributed by atoms with van der Waals surface area (Å²) in [5.41, 5.74) is 1.34. The Morgan fingerprint density at radius 2 is 2.11 bits per heavy atom. The van der Waals surface area contributed by atoms with Crippen LogP contribution in [0.1, 0.15) is 44.6 Å². The largest absolute Gasteiger partial charge is 0.378 e. The zero-order valence-corrected chi connectivity index (χ0v) is 13.5. The number of rotatable bonds is 5. The van der Waals surface area contributed by atoms with E-state index in [1.807, 2.05) is 0 Å². The Labute approximate surface area is 122 Å². The summed E-state index contributed by atoms with van der Waals surface area (Å²) in [7, 11) is 1.70. The van der Waals surface area contributed by atoms with Crippen LogP contribution >= 0.6 is 22.6 Å². The number of aromatic nitrogens is 2. The highest BCUT2D eigenvalue weighted by Gasteiger charge is 2.48. The molecule has 4 nitrogen and oxygen atoms in total. The van der Waals surface area contributed by atoms with Gasteiger partial charge in [-0.15, -0.1) is 0 Å². The van der Waals surface area contributed by atoms with Crippen LogP contribution in [-0.4, -0.2) is 23.6 Å². The van der Waals surface area contributed by atoms with Crippen molar-refractivity contribution in [3.8, 4) is 0 Å². The third-order valence-electron chi connectivity index (χ3n) is 3.39. The van der Waals surface area contributed by atoms with Crippen molar-refractivity contribution in [1.29, 1.82) is 0 Å². The smallest absolute Gasteiger partial charge is 0.143 e. The molecule has 0 saturated heterocycles. The lowest BCUT2D eigenvalue weighted by Gasteiger charge is -2.12. The molecule has 0 aliphatic heterocycles. The molecule has 0 bridgehead atoms. The number of halogens is 1. The molecule has 1 saturated carbocycles. The van der Waals surface area contributed by atoms with Gasteiger partial charge < -0.3 is 10.1 Å². The van der Waals surface area contributed by atoms with Gasteiger partial charge >= 0.3 is 0 Å². The monoisotopic (exact) mass is 361 g/mol. The second kappa shape index (κ2) is 5.28. The molecule has 2 rings (SSSR count). The van der Waals surface area contributed by atoms with E-state index in [1.54, 1.807) is 7.11 Å². The van der Waals surface area contributed by atoms with Crippen LogP contribution in [0.15, 0.2) is 0 Å². The van der Waals surface area contributed by atoms with Gasteiger partial charge in [-0.2, -0.15) is 0 Å². The van der Waals surface area contributed by atoms with E-state index in [0.29, 0.717) is 17.9 Å². The summed E-state index contributed by atoms with van der Waals surface area (Å²) in [5, 5.41) is 3.31. The van der Waals surface area contributed by atoms with E-state index in [-0.39, 0.29) is 0 Å². The predicted molar refractivity (Wildman–Crippen MR) is 80.8 cm³/mol. The van der Waals surface area contributed by atoms with Gasteiger partial charge in [-0.3, -0.25) is 0 Å². The SMILES string of the molecule is CCNc1nc(C2CC2(C)C)nc(COC)c1I. The first-order chi connectivity index (χ1) is 8.49. The zero-order valence-electron chi connectivity index (χ0n) is 11.4. The van der Waals surface area contributed by atoms with Crippen LogP contribution in [0.4, 0.5) is 5.82 Å². The van der Waals surface area contributed by atoms with Crippen molar-refractivity contribution in [2.24, 2.45) is 5.41 Å². The summed E-state index contributed by atoms with van der Waals surface area (Å²) < 4.78 is 6.29. The molecule has 1 unspecified atom stereocenters. The summed E-state index contributed by atoms with van der Waals surface area (Å²) in [5.74, 6) is 2.39. The minimum atomic E-state index is 0.348. The standard InChI is InChI=1S/C13H20IN3O/c1-5-15-12-10(14)9(7-18-4)16-11(17-12)8-6-13(8,2)3/h8H,5-7H2,1-4H3,(H,15,16,17). The van der Waals surface area contributed by atoms with Crippen LogP contribution in [0.5, 0.6) is 0 Å². The quantitative estimate of drug-likeness (QED) is 0.819. The Hall–Kier alpha value is -0.430. The highest BCUT2D eigenvalue weighted by molar-refractivity contribution is 14.1. The van der Waals surface area contributed by atoms with Gasteiger partial charge in [-0.1, -0.05) is 13.8 Å². The first kappa shape index (κ1) is 14.0. The second-order valence-electron chi connectivity index (χ2n) is 5.40. The first-order valence-corrected chi connectivity index (χ1v) is 7.36. The normalized spacial score (nSPS) is 20.8. The molecule has 1 aliphatic rings. The van der Waals surface area contributed by atoms with Gasteiger partial charge in [0.15, 0.2) is 0 Å². The fourth-order valence-electron chi connectivity index (χ4n) is 2.09. The molecule has 1 fully saturated rings. The number of hydrogen-bond donors (Lipinski definition) is 1. The number of anilines is 1. The number of nitrogens with one attached hydrogen (secondary N) is 1. The Balaban J connectivity index is 2.36. The van der Waals surface area contributed by atoms with Gasteiger partial charge in [-0.25, -0.2) is 9.97 Å². The molecule has 100 valence electrons. The molecule has 1 N–H and O–H groups in total. The summed E-state index contributed by atoms with van der Waals surface area (Å²) in [6.07, 6.45) is 1.17. The van der Waals surface area contributed by atoms with E-state index >= 15 is 0 Å². The van der Waals surface area contributed by atoms with Crippen molar-refractivity contribution >= 4 is 28.4 Å². The summed E-state index contributed by atoms with van der Waals surface area (Å²) in [6, 6.07) is 0. The predicted octanol–water partition coefficient (Wildman–Crippen LogP) is 3.17. The van der Waals surface area contributed by atoms with Gasteiger partial charge in [0.25, 0.3) is 0 Å². The Kier molecular flexibility index (Phi) is 4.11. The van der Waals surface area contributed by atoms with E-state index in [2.05, 4.69) is 58.6 Å². The van der Waals surface area contributed by atoms with Crippen molar-refractivity contribution in [3.05, 3.63) is 15.1 Å². The Morgan fingerprint density at radius 1 is 1.44 bits per heavy atom. The molecule has 1 atom stereocenters. The van der Waals surface area contributed by atoms with E-state index in [0.717, 1.165) is 27.5 Å². The summed E-state index contributed by atoms with van der Waals surface area (Å²) in [6.45, 7) is 8.02. The molecule has 0 aromatic carbocycles. The zero-order chi connectivity index (χ0) is 13.3. The Morgan fingerprint density at radius 3 is 2.61 bits per heavy atom. The molecule has 5 heteroatoms. The van der Waals surface area contributed by atoms with Crippen LogP contribution in [0.2, 0.25) is 0 Å². The summed E-state index contributed by atoms with van der Waals surface area (Å²) >= 11 is 2.29. The fourth-order valence-corrected chi connectivity index (χ4v) is 2.68. The molecule has 0 radical (unpaired) electrons. The van der Waals surface area contributed by atoms with Crippen LogP contribution in [0, 0.1) is 8.99 Å². The molecular weight excluding hydrogens is 341 g/mol. The van der Waals surface area contributed by atoms with E-state index in [4.69, 9.17) is 4.74 Å². The van der Waals surface area contributed by atoms with Crippen LogP contribution in [0.3, 0.4) is 0 Å². The van der Waals surface area contributed by atoms with Crippen molar-refractivity contribution in [2.45, 2.75) is 39.7 Å². The molecule has 1 aliphatic carbocycles. The highest BCUT2D eigenvalue weighted by Crippen LogP contribution is 2.57. The lowest BCUT2D eigenvalue weighted by molar-refractivity contribution is 0.180. The maximum absolute atomic E-state index is 5.23. The van der Waals surface area contributed by atoms with E-state index in [1.165, 1.54) is 6.42 Å². The Bertz CT molecular complexity index is 421. The minimum Gasteiger partial charge on any atom is -0.378 e. The summed E-state index contributed by atoms with van der Waals surface area (Å²) in [4.78, 5) is 9.36. The maximum Gasteiger partial charge on any atom is 0.143 e. The highest BCUT2D eigenvalue weighted by atomic mass is 127. The number of hydrogen-bond acceptors (Lipinski definition) is 4. The van der Waals surface area contributed by atoms with Crippen molar-refractivity contribution in [2.75, 3.05) is 19.0 Å². The molecular formula is C13H20IN3O. The van der Waals surface area contributed by atoms with Gasteiger partial charge in [0, 0.05) is 19.6 Å². The molecule has 1 aromatic heterocycles.